The first-order valence-electron chi connectivity index (χ1n) is 14.0. The van der Waals surface area contributed by atoms with E-state index in [0.29, 0.717) is 44.6 Å². The van der Waals surface area contributed by atoms with Crippen LogP contribution in [0.3, 0.4) is 0 Å². The number of esters is 2. The zero-order valence-electron chi connectivity index (χ0n) is 24.4. The van der Waals surface area contributed by atoms with E-state index in [1.54, 1.807) is 62.4 Å². The Hall–Kier alpha value is -4.19. The van der Waals surface area contributed by atoms with Crippen molar-refractivity contribution in [1.29, 1.82) is 0 Å². The summed E-state index contributed by atoms with van der Waals surface area (Å²) in [6.07, 6.45) is 0.401. The van der Waals surface area contributed by atoms with E-state index in [1.165, 1.54) is 23.3 Å². The van der Waals surface area contributed by atoms with Gasteiger partial charge >= 0.3 is 11.9 Å². The summed E-state index contributed by atoms with van der Waals surface area (Å²) in [6.45, 7) is 3.82. The highest BCUT2D eigenvalue weighted by atomic mass is 35.5. The summed E-state index contributed by atoms with van der Waals surface area (Å²) >= 11 is 7.94. The Morgan fingerprint density at radius 2 is 1.70 bits per heavy atom. The molecule has 2 unspecified atom stereocenters. The fraction of sp³-hybridized carbons (Fsp3) is 0.312. The number of hydrogen-bond donors (Lipinski definition) is 0. The Labute approximate surface area is 263 Å². The Morgan fingerprint density at radius 3 is 2.36 bits per heavy atom. The van der Waals surface area contributed by atoms with E-state index >= 15 is 0 Å². The summed E-state index contributed by atoms with van der Waals surface area (Å²) < 4.78 is 16.5. The van der Waals surface area contributed by atoms with Crippen molar-refractivity contribution in [2.75, 3.05) is 26.9 Å². The van der Waals surface area contributed by atoms with Gasteiger partial charge in [-0.15, -0.1) is 11.3 Å². The molecular formula is C32H30ClN3O7S. The van der Waals surface area contributed by atoms with Crippen LogP contribution < -0.4 is 0 Å². The molecule has 5 rings (SSSR count). The SMILES string of the molecule is CCOC(=O)C1=C(COCc2nc(CCN3C(=O)c4ccccc4C3=O)cs2)N=C(C)C(C(=O)OC)C1c1ccccc1Cl. The van der Waals surface area contributed by atoms with Gasteiger partial charge in [-0.3, -0.25) is 24.3 Å². The lowest BCUT2D eigenvalue weighted by molar-refractivity contribution is -0.144. The van der Waals surface area contributed by atoms with Crippen LogP contribution in [0, 0.1) is 5.92 Å². The van der Waals surface area contributed by atoms with Crippen LogP contribution in [-0.4, -0.2) is 66.2 Å². The zero-order chi connectivity index (χ0) is 31.4. The Balaban J connectivity index is 1.31. The third kappa shape index (κ3) is 6.21. The Bertz CT molecular complexity index is 1650. The number of imide groups is 1. The van der Waals surface area contributed by atoms with Crippen LogP contribution in [0.4, 0.5) is 0 Å². The highest BCUT2D eigenvalue weighted by Gasteiger charge is 2.43. The molecule has 12 heteroatoms. The molecule has 2 aromatic carbocycles. The topological polar surface area (TPSA) is 124 Å². The van der Waals surface area contributed by atoms with Gasteiger partial charge < -0.3 is 14.2 Å². The molecule has 0 aliphatic carbocycles. The number of benzene rings is 2. The number of rotatable bonds is 11. The van der Waals surface area contributed by atoms with Gasteiger partial charge in [0.25, 0.3) is 11.8 Å². The second-order valence-corrected chi connectivity index (χ2v) is 11.5. The molecule has 0 N–H and O–H groups in total. The predicted octanol–water partition coefficient (Wildman–Crippen LogP) is 5.02. The summed E-state index contributed by atoms with van der Waals surface area (Å²) in [6, 6.07) is 13.8. The number of carbonyl (C=O) groups excluding carboxylic acids is 4. The normalized spacial score (nSPS) is 17.9. The highest BCUT2D eigenvalue weighted by Crippen LogP contribution is 2.42. The summed E-state index contributed by atoms with van der Waals surface area (Å²) in [7, 11) is 1.29. The Kier molecular flexibility index (Phi) is 9.68. The number of amides is 2. The van der Waals surface area contributed by atoms with Crippen LogP contribution in [-0.2, 0) is 36.8 Å². The summed E-state index contributed by atoms with van der Waals surface area (Å²) in [5.74, 6) is -3.45. The second-order valence-electron chi connectivity index (χ2n) is 10.1. The number of nitrogens with zero attached hydrogens (tertiary/aromatic N) is 3. The molecular weight excluding hydrogens is 606 g/mol. The maximum Gasteiger partial charge on any atom is 0.336 e. The van der Waals surface area contributed by atoms with E-state index < -0.39 is 23.8 Å². The molecule has 3 aromatic rings. The minimum Gasteiger partial charge on any atom is -0.468 e. The van der Waals surface area contributed by atoms with Gasteiger partial charge in [0.15, 0.2) is 0 Å². The fourth-order valence-electron chi connectivity index (χ4n) is 5.42. The van der Waals surface area contributed by atoms with Crippen molar-refractivity contribution in [3.8, 4) is 0 Å². The number of thiazole rings is 1. The quantitative estimate of drug-likeness (QED) is 0.213. The van der Waals surface area contributed by atoms with E-state index in [2.05, 4.69) is 9.98 Å². The summed E-state index contributed by atoms with van der Waals surface area (Å²) in [5.41, 5.74) is 3.09. The van der Waals surface area contributed by atoms with Crippen molar-refractivity contribution >= 4 is 52.4 Å². The summed E-state index contributed by atoms with van der Waals surface area (Å²) in [4.78, 5) is 62.0. The summed E-state index contributed by atoms with van der Waals surface area (Å²) in [5, 5.41) is 2.92. The molecule has 0 saturated carbocycles. The average Bonchev–Trinajstić information content (AvgIpc) is 3.57. The fourth-order valence-corrected chi connectivity index (χ4v) is 6.44. The molecule has 3 heterocycles. The molecule has 2 aliphatic rings. The van der Waals surface area contributed by atoms with E-state index in [-0.39, 0.29) is 43.8 Å². The van der Waals surface area contributed by atoms with Gasteiger partial charge in [0.05, 0.1) is 55.0 Å². The first-order chi connectivity index (χ1) is 21.2. The lowest BCUT2D eigenvalue weighted by atomic mass is 9.75. The number of halogens is 1. The molecule has 0 spiro atoms. The molecule has 44 heavy (non-hydrogen) atoms. The van der Waals surface area contributed by atoms with Crippen LogP contribution in [0.2, 0.25) is 5.02 Å². The standard InChI is InChI=1S/C32H30ClN3O7S/c1-4-43-32(40)28-24(34-18(2)26(31(39)41-3)27(28)22-11-7-8-12-23(22)33)15-42-16-25-35-19(17-44-25)13-14-36-29(37)20-9-5-6-10-21(20)30(36)38/h5-12,17,26-27H,4,13-16H2,1-3H3. The van der Waals surface area contributed by atoms with E-state index in [0.717, 1.165) is 5.69 Å². The van der Waals surface area contributed by atoms with Gasteiger partial charge in [0.2, 0.25) is 0 Å². The van der Waals surface area contributed by atoms with Crippen molar-refractivity contribution < 1.29 is 33.4 Å². The van der Waals surface area contributed by atoms with E-state index in [4.69, 9.17) is 25.8 Å². The number of aromatic nitrogens is 1. The lowest BCUT2D eigenvalue weighted by Crippen LogP contribution is -2.37. The lowest BCUT2D eigenvalue weighted by Gasteiger charge is -2.32. The average molecular weight is 636 g/mol. The van der Waals surface area contributed by atoms with E-state index in [9.17, 15) is 19.2 Å². The maximum atomic E-state index is 13.3. The van der Waals surface area contributed by atoms with Crippen LogP contribution in [0.15, 0.2) is 70.2 Å². The largest absolute Gasteiger partial charge is 0.468 e. The predicted molar refractivity (Wildman–Crippen MR) is 164 cm³/mol. The molecule has 10 nitrogen and oxygen atoms in total. The van der Waals surface area contributed by atoms with Crippen molar-refractivity contribution in [2.24, 2.45) is 10.9 Å². The van der Waals surface area contributed by atoms with Crippen molar-refractivity contribution in [3.63, 3.8) is 0 Å². The first-order valence-corrected chi connectivity index (χ1v) is 15.2. The third-order valence-electron chi connectivity index (χ3n) is 7.44. The molecule has 1 aromatic heterocycles. The van der Waals surface area contributed by atoms with E-state index in [1.807, 2.05) is 5.38 Å². The van der Waals surface area contributed by atoms with Crippen molar-refractivity contribution in [1.82, 2.24) is 9.88 Å². The molecule has 2 amide bonds. The first kappa shape index (κ1) is 31.2. The van der Waals surface area contributed by atoms with Crippen LogP contribution in [0.25, 0.3) is 0 Å². The second kappa shape index (κ2) is 13.6. The number of fused-ring (bicyclic) bond motifs is 1. The van der Waals surface area contributed by atoms with Gasteiger partial charge in [-0.1, -0.05) is 41.9 Å². The van der Waals surface area contributed by atoms with Gasteiger partial charge in [-0.2, -0.15) is 0 Å². The maximum absolute atomic E-state index is 13.3. The minimum atomic E-state index is -0.883. The third-order valence-corrected chi connectivity index (χ3v) is 8.66. The Morgan fingerprint density at radius 1 is 1.02 bits per heavy atom. The zero-order valence-corrected chi connectivity index (χ0v) is 25.9. The van der Waals surface area contributed by atoms with Gasteiger partial charge in [0.1, 0.15) is 10.9 Å². The molecule has 0 saturated heterocycles. The van der Waals surface area contributed by atoms with Gasteiger partial charge in [-0.25, -0.2) is 9.78 Å². The molecule has 2 aliphatic heterocycles. The molecule has 2 atom stereocenters. The van der Waals surface area contributed by atoms with Crippen molar-refractivity contribution in [3.05, 3.63) is 97.6 Å². The number of carbonyl (C=O) groups is 4. The number of methoxy groups -OCH3 is 1. The number of ether oxygens (including phenoxy) is 3. The van der Waals surface area contributed by atoms with Crippen LogP contribution >= 0.6 is 22.9 Å². The highest BCUT2D eigenvalue weighted by molar-refractivity contribution is 7.09. The smallest absolute Gasteiger partial charge is 0.336 e. The molecule has 0 fully saturated rings. The number of hydrogen-bond acceptors (Lipinski definition) is 10. The number of aliphatic imine (C=N–C) groups is 1. The van der Waals surface area contributed by atoms with Crippen molar-refractivity contribution in [2.45, 2.75) is 32.8 Å². The van der Waals surface area contributed by atoms with Crippen LogP contribution in [0.1, 0.15) is 56.7 Å². The monoisotopic (exact) mass is 635 g/mol. The van der Waals surface area contributed by atoms with Gasteiger partial charge in [0, 0.05) is 35.0 Å². The molecule has 0 bridgehead atoms. The minimum absolute atomic E-state index is 0.0513. The van der Waals surface area contributed by atoms with Crippen LogP contribution in [0.5, 0.6) is 0 Å². The molecule has 0 radical (unpaired) electrons. The van der Waals surface area contributed by atoms with Gasteiger partial charge in [-0.05, 0) is 37.6 Å². The molecule has 228 valence electrons.